The molecule has 0 saturated carbocycles. The van der Waals surface area contributed by atoms with Crippen LogP contribution in [0.4, 0.5) is 4.79 Å². The lowest BCUT2D eigenvalue weighted by Crippen LogP contribution is -2.51. The fourth-order valence-corrected chi connectivity index (χ4v) is 7.10. The number of aromatic amines is 2. The number of hydrogen-bond acceptors (Lipinski definition) is 7. The van der Waals surface area contributed by atoms with Crippen LogP contribution in [0, 0.1) is 11.8 Å². The molecule has 4 aromatic rings. The normalized spacial score (nSPS) is 18.1. The van der Waals surface area contributed by atoms with Crippen LogP contribution in [0.25, 0.3) is 33.6 Å². The van der Waals surface area contributed by atoms with Gasteiger partial charge in [-0.25, -0.2) is 14.8 Å². The Hall–Kier alpha value is -4.97. The summed E-state index contributed by atoms with van der Waals surface area (Å²) in [6.07, 6.45) is 6.60. The Morgan fingerprint density at radius 2 is 1.27 bits per heavy atom. The minimum absolute atomic E-state index is 0.0250. The Bertz CT molecular complexity index is 1800. The summed E-state index contributed by atoms with van der Waals surface area (Å²) >= 11 is 0. The van der Waals surface area contributed by atoms with Crippen molar-refractivity contribution in [2.24, 2.45) is 11.8 Å². The first-order chi connectivity index (χ1) is 24.6. The van der Waals surface area contributed by atoms with Gasteiger partial charge in [-0.2, -0.15) is 0 Å². The van der Waals surface area contributed by atoms with Gasteiger partial charge in [-0.3, -0.25) is 9.59 Å². The van der Waals surface area contributed by atoms with Crippen molar-refractivity contribution >= 4 is 17.9 Å². The molecular weight excluding hydrogens is 644 g/mol. The molecule has 2 aliphatic heterocycles. The first-order valence-electron chi connectivity index (χ1n) is 18.1. The number of nitrogens with zero attached hydrogens (tertiary/aromatic N) is 4. The number of ether oxygens (including phenoxy) is 1. The van der Waals surface area contributed by atoms with Gasteiger partial charge in [-0.15, -0.1) is 0 Å². The molecule has 0 radical (unpaired) electrons. The summed E-state index contributed by atoms with van der Waals surface area (Å²) in [5.74, 6) is 1.98. The summed E-state index contributed by atoms with van der Waals surface area (Å²) < 4.78 is 4.75. The summed E-state index contributed by atoms with van der Waals surface area (Å²) in [6.45, 7) is 10.6. The summed E-state index contributed by atoms with van der Waals surface area (Å²) in [5, 5.41) is 5.97. The van der Waals surface area contributed by atoms with E-state index in [4.69, 9.17) is 4.74 Å². The number of benzene rings is 2. The highest BCUT2D eigenvalue weighted by Gasteiger charge is 2.37. The third-order valence-corrected chi connectivity index (χ3v) is 9.88. The van der Waals surface area contributed by atoms with Crippen LogP contribution in [0.15, 0.2) is 60.9 Å². The Balaban J connectivity index is 1.09. The maximum Gasteiger partial charge on any atom is 0.407 e. The van der Waals surface area contributed by atoms with Gasteiger partial charge < -0.3 is 35.1 Å². The van der Waals surface area contributed by atoms with E-state index in [1.807, 2.05) is 36.0 Å². The van der Waals surface area contributed by atoms with E-state index in [0.717, 1.165) is 84.1 Å². The van der Waals surface area contributed by atoms with E-state index in [1.54, 1.807) is 0 Å². The lowest BCUT2D eigenvalue weighted by molar-refractivity contribution is -0.135. The highest BCUT2D eigenvalue weighted by molar-refractivity contribution is 5.86. The number of aromatic nitrogens is 4. The van der Waals surface area contributed by atoms with Crippen LogP contribution in [0.3, 0.4) is 0 Å². The molecule has 12 nitrogen and oxygen atoms in total. The van der Waals surface area contributed by atoms with Gasteiger partial charge >= 0.3 is 6.09 Å². The van der Waals surface area contributed by atoms with Crippen LogP contribution >= 0.6 is 0 Å². The Labute approximate surface area is 299 Å². The number of imidazole rings is 2. The average molecular weight is 695 g/mol. The van der Waals surface area contributed by atoms with E-state index in [2.05, 4.69) is 92.9 Å². The van der Waals surface area contributed by atoms with Gasteiger partial charge in [-0.1, -0.05) is 76.2 Å². The largest absolute Gasteiger partial charge is 0.453 e. The fraction of sp³-hybridized carbons (Fsp3) is 0.462. The number of amides is 3. The molecule has 0 bridgehead atoms. The number of nitrogens with one attached hydrogen (secondary N) is 4. The monoisotopic (exact) mass is 694 g/mol. The van der Waals surface area contributed by atoms with Crippen LogP contribution < -0.4 is 10.6 Å². The molecule has 2 aromatic carbocycles. The second-order valence-electron chi connectivity index (χ2n) is 14.3. The second kappa shape index (κ2) is 15.9. The molecule has 2 aliphatic rings. The van der Waals surface area contributed by atoms with Crippen molar-refractivity contribution < 1.29 is 19.1 Å². The molecule has 6 rings (SSSR count). The van der Waals surface area contributed by atoms with Crippen molar-refractivity contribution in [3.63, 3.8) is 0 Å². The van der Waals surface area contributed by atoms with E-state index in [0.29, 0.717) is 19.0 Å². The zero-order valence-corrected chi connectivity index (χ0v) is 30.2. The number of H-pyrrole nitrogens is 2. The molecule has 12 heteroatoms. The molecule has 4 N–H and O–H groups in total. The average Bonchev–Trinajstić information content (AvgIpc) is 3.96. The molecule has 0 spiro atoms. The third kappa shape index (κ3) is 8.17. The number of rotatable bonds is 12. The van der Waals surface area contributed by atoms with Crippen LogP contribution in [0.2, 0.25) is 0 Å². The van der Waals surface area contributed by atoms with Crippen molar-refractivity contribution in [3.05, 3.63) is 72.6 Å². The fourth-order valence-electron chi connectivity index (χ4n) is 7.10. The summed E-state index contributed by atoms with van der Waals surface area (Å²) in [5.41, 5.74) is 6.03. The van der Waals surface area contributed by atoms with E-state index in [1.165, 1.54) is 7.11 Å². The van der Waals surface area contributed by atoms with Crippen molar-refractivity contribution in [1.82, 2.24) is 40.4 Å². The Kier molecular flexibility index (Phi) is 11.2. The van der Waals surface area contributed by atoms with Crippen LogP contribution in [0.1, 0.15) is 77.1 Å². The number of likely N-dealkylation sites (tertiary alicyclic amines) is 2. The van der Waals surface area contributed by atoms with Crippen LogP contribution in [-0.4, -0.2) is 87.0 Å². The van der Waals surface area contributed by atoms with Crippen molar-refractivity contribution in [2.75, 3.05) is 33.3 Å². The van der Waals surface area contributed by atoms with E-state index >= 15 is 0 Å². The topological polar surface area (TPSA) is 148 Å². The van der Waals surface area contributed by atoms with Crippen molar-refractivity contribution in [1.29, 1.82) is 0 Å². The highest BCUT2D eigenvalue weighted by atomic mass is 16.5. The molecule has 0 aliphatic carbocycles. The maximum absolute atomic E-state index is 13.5. The first-order valence-corrected chi connectivity index (χ1v) is 18.1. The molecule has 51 heavy (non-hydrogen) atoms. The standard InChI is InChI=1S/C39H50N8O4/c1-24(2)20-40-23-34(48)46-18-6-8-32(46)36-41-21-30(43-36)28-14-10-26(11-15-28)27-12-16-29(17-13-27)31-22-42-37(44-31)33-9-7-19-47(33)38(49)35(25(3)4)45-39(50)51-5/h10-17,21-22,24-25,32-33,35,40H,6-9,18-20,23H2,1-5H3,(H,41,43)(H,42,44)(H,45,50)/t32-,33-,35-/m0/s1. The number of alkyl carbamates (subject to hydrolysis) is 1. The zero-order chi connectivity index (χ0) is 36.1. The van der Waals surface area contributed by atoms with Crippen molar-refractivity contribution in [2.45, 2.75) is 71.5 Å². The van der Waals surface area contributed by atoms with Crippen molar-refractivity contribution in [3.8, 4) is 33.6 Å². The van der Waals surface area contributed by atoms with Gasteiger partial charge in [0.15, 0.2) is 0 Å². The predicted octanol–water partition coefficient (Wildman–Crippen LogP) is 6.09. The summed E-state index contributed by atoms with van der Waals surface area (Å²) in [4.78, 5) is 58.4. The molecular formula is C39H50N8O4. The van der Waals surface area contributed by atoms with Gasteiger partial charge in [0.25, 0.3) is 0 Å². The highest BCUT2D eigenvalue weighted by Crippen LogP contribution is 2.34. The van der Waals surface area contributed by atoms with Crippen LogP contribution in [-0.2, 0) is 14.3 Å². The Morgan fingerprint density at radius 3 is 1.76 bits per heavy atom. The molecule has 0 unspecified atom stereocenters. The second-order valence-corrected chi connectivity index (χ2v) is 14.3. The SMILES string of the molecule is COC(=O)N[C@H](C(=O)N1CCC[C@H]1c1ncc(-c2ccc(-c3ccc(-c4cnc([C@@H]5CCCN5C(=O)CNCC(C)C)[nH]4)cc3)cc2)[nH]1)C(C)C. The van der Waals surface area contributed by atoms with Crippen LogP contribution in [0.5, 0.6) is 0 Å². The summed E-state index contributed by atoms with van der Waals surface area (Å²) in [7, 11) is 1.30. The van der Waals surface area contributed by atoms with Gasteiger partial charge in [-0.05, 0) is 66.3 Å². The summed E-state index contributed by atoms with van der Waals surface area (Å²) in [6, 6.07) is 15.8. The molecule has 2 fully saturated rings. The molecule has 2 saturated heterocycles. The number of methoxy groups -OCH3 is 1. The van der Waals surface area contributed by atoms with Gasteiger partial charge in [0, 0.05) is 13.1 Å². The lowest BCUT2D eigenvalue weighted by Gasteiger charge is -2.30. The molecule has 4 heterocycles. The first kappa shape index (κ1) is 35.8. The zero-order valence-electron chi connectivity index (χ0n) is 30.2. The third-order valence-electron chi connectivity index (χ3n) is 9.88. The predicted molar refractivity (Wildman–Crippen MR) is 196 cm³/mol. The number of carbonyl (C=O) groups excluding carboxylic acids is 3. The number of carbonyl (C=O) groups is 3. The van der Waals surface area contributed by atoms with Gasteiger partial charge in [0.1, 0.15) is 17.7 Å². The lowest BCUT2D eigenvalue weighted by atomic mass is 10.0. The van der Waals surface area contributed by atoms with E-state index < -0.39 is 12.1 Å². The van der Waals surface area contributed by atoms with E-state index in [9.17, 15) is 14.4 Å². The smallest absolute Gasteiger partial charge is 0.407 e. The van der Waals surface area contributed by atoms with Gasteiger partial charge in [0.2, 0.25) is 11.8 Å². The van der Waals surface area contributed by atoms with E-state index in [-0.39, 0.29) is 29.8 Å². The maximum atomic E-state index is 13.5. The molecule has 270 valence electrons. The Morgan fingerprint density at radius 1 is 0.784 bits per heavy atom. The number of hydrogen-bond donors (Lipinski definition) is 4. The van der Waals surface area contributed by atoms with Gasteiger partial charge in [0.05, 0.1) is 49.5 Å². The molecule has 3 atom stereocenters. The molecule has 3 amide bonds. The molecule has 2 aromatic heterocycles. The minimum Gasteiger partial charge on any atom is -0.453 e. The minimum atomic E-state index is -0.673. The quantitative estimate of drug-likeness (QED) is 0.140.